The molecule has 174 valence electrons. The quantitative estimate of drug-likeness (QED) is 0.472. The Balaban J connectivity index is 1.25. The van der Waals surface area contributed by atoms with E-state index in [-0.39, 0.29) is 18.2 Å². The molecule has 0 saturated carbocycles. The van der Waals surface area contributed by atoms with Crippen molar-refractivity contribution in [2.24, 2.45) is 5.92 Å². The van der Waals surface area contributed by atoms with E-state index in [2.05, 4.69) is 45.6 Å². The number of nitrogens with zero attached hydrogens (tertiary/aromatic N) is 2. The number of amides is 2. The van der Waals surface area contributed by atoms with Gasteiger partial charge in [-0.1, -0.05) is 37.3 Å². The Morgan fingerprint density at radius 3 is 2.58 bits per heavy atom. The Morgan fingerprint density at radius 2 is 1.82 bits per heavy atom. The molecule has 33 heavy (non-hydrogen) atoms. The number of carbonyl (C=O) groups is 2. The first-order chi connectivity index (χ1) is 16.0. The zero-order valence-corrected chi connectivity index (χ0v) is 20.5. The molecule has 1 aliphatic heterocycles. The lowest BCUT2D eigenvalue weighted by Crippen LogP contribution is -2.33. The predicted octanol–water partition coefficient (Wildman–Crippen LogP) is 4.48. The molecule has 0 radical (unpaired) electrons. The molecule has 2 aromatic heterocycles. The van der Waals surface area contributed by atoms with Crippen LogP contribution in [-0.4, -0.2) is 34.8 Å². The molecule has 2 amide bonds. The van der Waals surface area contributed by atoms with Crippen molar-refractivity contribution in [3.05, 3.63) is 68.9 Å². The van der Waals surface area contributed by atoms with E-state index in [9.17, 15) is 9.59 Å². The number of carbonyl (C=O) groups excluding carboxylic acids is 2. The number of rotatable bonds is 9. The van der Waals surface area contributed by atoms with Gasteiger partial charge in [0.15, 0.2) is 5.13 Å². The summed E-state index contributed by atoms with van der Waals surface area (Å²) < 4.78 is 0. The van der Waals surface area contributed by atoms with Crippen molar-refractivity contribution in [3.8, 4) is 0 Å². The number of thiazole rings is 1. The smallest absolute Gasteiger partial charge is 0.231 e. The van der Waals surface area contributed by atoms with E-state index >= 15 is 0 Å². The van der Waals surface area contributed by atoms with Gasteiger partial charge in [0.1, 0.15) is 0 Å². The Kier molecular flexibility index (Phi) is 8.25. The molecule has 1 aliphatic rings. The monoisotopic (exact) mass is 482 g/mol. The van der Waals surface area contributed by atoms with E-state index < -0.39 is 0 Å². The number of nitrogens with one attached hydrogen (secondary N) is 2. The van der Waals surface area contributed by atoms with Gasteiger partial charge < -0.3 is 10.6 Å². The highest BCUT2D eigenvalue weighted by Crippen LogP contribution is 2.20. The number of thiophene rings is 1. The summed E-state index contributed by atoms with van der Waals surface area (Å²) in [5.41, 5.74) is 3.10. The molecule has 0 bridgehead atoms. The van der Waals surface area contributed by atoms with Gasteiger partial charge in [-0.3, -0.25) is 14.5 Å². The first-order valence-corrected chi connectivity index (χ1v) is 13.1. The SMILES string of the molecule is CC1CCN(Cc2ccccc2CNC(=O)Cc2csc(NC(=O)Cc3cccs3)n2)CC1. The molecule has 0 atom stereocenters. The minimum Gasteiger partial charge on any atom is -0.352 e. The number of aromatic nitrogens is 1. The Hall–Kier alpha value is -2.55. The van der Waals surface area contributed by atoms with Crippen LogP contribution in [0.2, 0.25) is 0 Å². The second-order valence-corrected chi connectivity index (χ2v) is 10.5. The molecule has 8 heteroatoms. The van der Waals surface area contributed by atoms with E-state index in [1.54, 1.807) is 11.3 Å². The molecule has 3 heterocycles. The van der Waals surface area contributed by atoms with E-state index in [0.717, 1.165) is 36.0 Å². The lowest BCUT2D eigenvalue weighted by molar-refractivity contribution is -0.120. The highest BCUT2D eigenvalue weighted by Gasteiger charge is 2.17. The van der Waals surface area contributed by atoms with Gasteiger partial charge in [0.05, 0.1) is 18.5 Å². The Morgan fingerprint density at radius 1 is 1.03 bits per heavy atom. The maximum absolute atomic E-state index is 12.5. The van der Waals surface area contributed by atoms with Crippen LogP contribution < -0.4 is 10.6 Å². The van der Waals surface area contributed by atoms with Crippen molar-refractivity contribution in [1.29, 1.82) is 0 Å². The average Bonchev–Trinajstić information content (AvgIpc) is 3.47. The van der Waals surface area contributed by atoms with E-state index in [1.165, 1.54) is 29.7 Å². The number of benzene rings is 1. The van der Waals surface area contributed by atoms with Crippen molar-refractivity contribution < 1.29 is 9.59 Å². The third-order valence-electron chi connectivity index (χ3n) is 5.92. The van der Waals surface area contributed by atoms with Gasteiger partial charge in [-0.25, -0.2) is 4.98 Å². The number of anilines is 1. The Bertz CT molecular complexity index is 1060. The number of piperidine rings is 1. The van der Waals surface area contributed by atoms with E-state index in [1.807, 2.05) is 29.0 Å². The number of hydrogen-bond acceptors (Lipinski definition) is 6. The summed E-state index contributed by atoms with van der Waals surface area (Å²) in [6.45, 7) is 6.04. The van der Waals surface area contributed by atoms with Crippen molar-refractivity contribution in [2.45, 2.75) is 45.7 Å². The molecule has 1 saturated heterocycles. The minimum atomic E-state index is -0.0948. The normalized spacial score (nSPS) is 14.8. The second-order valence-electron chi connectivity index (χ2n) is 8.63. The van der Waals surface area contributed by atoms with Crippen LogP contribution in [0.3, 0.4) is 0 Å². The highest BCUT2D eigenvalue weighted by atomic mass is 32.1. The van der Waals surface area contributed by atoms with Crippen LogP contribution in [0, 0.1) is 5.92 Å². The lowest BCUT2D eigenvalue weighted by atomic mass is 9.98. The predicted molar refractivity (Wildman–Crippen MR) is 134 cm³/mol. The van der Waals surface area contributed by atoms with Crippen LogP contribution in [-0.2, 0) is 35.5 Å². The largest absolute Gasteiger partial charge is 0.352 e. The summed E-state index contributed by atoms with van der Waals surface area (Å²) in [7, 11) is 0. The van der Waals surface area contributed by atoms with Gasteiger partial charge >= 0.3 is 0 Å². The van der Waals surface area contributed by atoms with E-state index in [4.69, 9.17) is 0 Å². The van der Waals surface area contributed by atoms with Crippen molar-refractivity contribution >= 4 is 39.6 Å². The molecule has 0 spiro atoms. The summed E-state index contributed by atoms with van der Waals surface area (Å²) in [5, 5.41) is 10.2. The van der Waals surface area contributed by atoms with Gasteiger partial charge in [0.25, 0.3) is 0 Å². The van der Waals surface area contributed by atoms with Crippen molar-refractivity contribution in [2.75, 3.05) is 18.4 Å². The topological polar surface area (TPSA) is 74.3 Å². The highest BCUT2D eigenvalue weighted by molar-refractivity contribution is 7.14. The molecule has 1 fully saturated rings. The summed E-state index contributed by atoms with van der Waals surface area (Å²) in [4.78, 5) is 32.6. The molecular weight excluding hydrogens is 452 g/mol. The first kappa shape index (κ1) is 23.6. The minimum absolute atomic E-state index is 0.0710. The molecule has 1 aromatic carbocycles. The molecule has 2 N–H and O–H groups in total. The third kappa shape index (κ3) is 7.22. The van der Waals surface area contributed by atoms with Gasteiger partial charge in [-0.05, 0) is 54.4 Å². The summed E-state index contributed by atoms with van der Waals surface area (Å²) in [6, 6.07) is 12.2. The lowest BCUT2D eigenvalue weighted by Gasteiger charge is -2.30. The van der Waals surface area contributed by atoms with Gasteiger partial charge in [-0.2, -0.15) is 0 Å². The number of hydrogen-bond donors (Lipinski definition) is 2. The Labute approximate surface area is 203 Å². The maximum atomic E-state index is 12.5. The molecule has 0 unspecified atom stereocenters. The summed E-state index contributed by atoms with van der Waals surface area (Å²) in [5.74, 6) is 0.650. The summed E-state index contributed by atoms with van der Waals surface area (Å²) in [6.07, 6.45) is 3.04. The van der Waals surface area contributed by atoms with E-state index in [0.29, 0.717) is 23.8 Å². The fourth-order valence-corrected chi connectivity index (χ4v) is 5.38. The molecule has 6 nitrogen and oxygen atoms in total. The molecule has 4 rings (SSSR count). The fraction of sp³-hybridized carbons (Fsp3) is 0.400. The molecule has 3 aromatic rings. The standard InChI is InChI=1S/C25H30N4O2S2/c1-18-8-10-29(11-9-18)16-20-6-3-2-5-19(20)15-26-23(30)13-21-17-33-25(27-21)28-24(31)14-22-7-4-12-32-22/h2-7,12,17-18H,8-11,13-16H2,1H3,(H,26,30)(H,27,28,31). The van der Waals surface area contributed by atoms with Crippen LogP contribution in [0.15, 0.2) is 47.2 Å². The first-order valence-electron chi connectivity index (χ1n) is 11.4. The zero-order valence-electron chi connectivity index (χ0n) is 18.9. The number of likely N-dealkylation sites (tertiary alicyclic amines) is 1. The van der Waals surface area contributed by atoms with Crippen molar-refractivity contribution in [1.82, 2.24) is 15.2 Å². The fourth-order valence-electron chi connectivity index (χ4n) is 3.95. The van der Waals surface area contributed by atoms with Crippen LogP contribution in [0.1, 0.15) is 41.5 Å². The summed E-state index contributed by atoms with van der Waals surface area (Å²) >= 11 is 2.90. The third-order valence-corrected chi connectivity index (χ3v) is 7.60. The van der Waals surface area contributed by atoms with Crippen molar-refractivity contribution in [3.63, 3.8) is 0 Å². The zero-order chi connectivity index (χ0) is 23.0. The molecular formula is C25H30N4O2S2. The van der Waals surface area contributed by atoms with Gasteiger partial charge in [-0.15, -0.1) is 22.7 Å². The molecule has 0 aliphatic carbocycles. The van der Waals surface area contributed by atoms with Crippen LogP contribution >= 0.6 is 22.7 Å². The van der Waals surface area contributed by atoms with Crippen LogP contribution in [0.4, 0.5) is 5.13 Å². The maximum Gasteiger partial charge on any atom is 0.231 e. The van der Waals surface area contributed by atoms with Crippen LogP contribution in [0.25, 0.3) is 0 Å². The van der Waals surface area contributed by atoms with Gasteiger partial charge in [0, 0.05) is 23.3 Å². The van der Waals surface area contributed by atoms with Crippen LogP contribution in [0.5, 0.6) is 0 Å². The second kappa shape index (κ2) is 11.5. The average molecular weight is 483 g/mol. The van der Waals surface area contributed by atoms with Gasteiger partial charge in [0.2, 0.25) is 11.8 Å².